The molecular weight excluding hydrogens is 270 g/mol. The first-order valence-corrected chi connectivity index (χ1v) is 6.45. The van der Waals surface area contributed by atoms with Crippen LogP contribution in [0.2, 0.25) is 0 Å². The van der Waals surface area contributed by atoms with Crippen LogP contribution in [0, 0.1) is 0 Å². The van der Waals surface area contributed by atoms with Gasteiger partial charge in [-0.2, -0.15) is 0 Å². The molecule has 0 radical (unpaired) electrons. The Bertz CT molecular complexity index is 443. The third-order valence-corrected chi connectivity index (χ3v) is 3.27. The van der Waals surface area contributed by atoms with Gasteiger partial charge in [0, 0.05) is 6.42 Å². The number of ether oxygens (including phenoxy) is 2. The minimum atomic E-state index is -0.862. The van der Waals surface area contributed by atoms with E-state index in [1.807, 2.05) is 0 Å². The number of esters is 2. The number of amides is 1. The predicted molar refractivity (Wildman–Crippen MR) is 68.8 cm³/mol. The topological polar surface area (TPSA) is 81.7 Å². The average molecular weight is 285 g/mol. The fraction of sp³-hybridized carbons (Fsp3) is 0.417. The maximum atomic E-state index is 11.8. The molecular formula is C12H15NO5S. The second kappa shape index (κ2) is 7.52. The first-order valence-electron chi connectivity index (χ1n) is 5.57. The molecule has 0 spiro atoms. The zero-order chi connectivity index (χ0) is 14.3. The SMILES string of the molecule is COC(=O)CCC(NC(=O)c1cccs1)C(=O)OC. The highest BCUT2D eigenvalue weighted by Crippen LogP contribution is 2.09. The molecule has 0 aliphatic heterocycles. The molecule has 19 heavy (non-hydrogen) atoms. The van der Waals surface area contributed by atoms with Gasteiger partial charge in [0.1, 0.15) is 6.04 Å². The number of rotatable bonds is 6. The molecule has 1 rings (SSSR count). The fourth-order valence-electron chi connectivity index (χ4n) is 1.39. The van der Waals surface area contributed by atoms with Gasteiger partial charge in [-0.25, -0.2) is 4.79 Å². The molecule has 1 heterocycles. The lowest BCUT2D eigenvalue weighted by Crippen LogP contribution is -2.41. The largest absolute Gasteiger partial charge is 0.469 e. The number of thiophene rings is 1. The molecule has 104 valence electrons. The summed E-state index contributed by atoms with van der Waals surface area (Å²) >= 11 is 1.27. The normalized spacial score (nSPS) is 11.5. The Balaban J connectivity index is 2.61. The summed E-state index contributed by atoms with van der Waals surface area (Å²) in [4.78, 5) is 34.9. The van der Waals surface area contributed by atoms with Crippen molar-refractivity contribution in [3.05, 3.63) is 22.4 Å². The van der Waals surface area contributed by atoms with Gasteiger partial charge < -0.3 is 14.8 Å². The molecule has 6 nitrogen and oxygen atoms in total. The molecule has 1 aromatic rings. The molecule has 7 heteroatoms. The van der Waals surface area contributed by atoms with Crippen molar-refractivity contribution in [3.8, 4) is 0 Å². The third-order valence-electron chi connectivity index (χ3n) is 2.40. The fourth-order valence-corrected chi connectivity index (χ4v) is 2.02. The number of hydrogen-bond donors (Lipinski definition) is 1. The van der Waals surface area contributed by atoms with Crippen molar-refractivity contribution < 1.29 is 23.9 Å². The lowest BCUT2D eigenvalue weighted by atomic mass is 10.1. The summed E-state index contributed by atoms with van der Waals surface area (Å²) in [5.41, 5.74) is 0. The van der Waals surface area contributed by atoms with Crippen LogP contribution >= 0.6 is 11.3 Å². The molecule has 1 N–H and O–H groups in total. The van der Waals surface area contributed by atoms with E-state index in [2.05, 4.69) is 14.8 Å². The van der Waals surface area contributed by atoms with Crippen molar-refractivity contribution in [3.63, 3.8) is 0 Å². The summed E-state index contributed by atoms with van der Waals surface area (Å²) in [6, 6.07) is 2.52. The molecule has 1 amide bonds. The van der Waals surface area contributed by atoms with E-state index >= 15 is 0 Å². The Morgan fingerprint density at radius 3 is 2.58 bits per heavy atom. The molecule has 0 aromatic carbocycles. The van der Waals surface area contributed by atoms with Gasteiger partial charge in [-0.1, -0.05) is 6.07 Å². The minimum absolute atomic E-state index is 0.0288. The summed E-state index contributed by atoms with van der Waals surface area (Å²) in [7, 11) is 2.49. The highest BCUT2D eigenvalue weighted by atomic mass is 32.1. The van der Waals surface area contributed by atoms with Crippen LogP contribution in [0.1, 0.15) is 22.5 Å². The van der Waals surface area contributed by atoms with Gasteiger partial charge in [0.05, 0.1) is 19.1 Å². The molecule has 1 aromatic heterocycles. The number of carbonyl (C=O) groups is 3. The second-order valence-corrected chi connectivity index (χ2v) is 4.59. The lowest BCUT2D eigenvalue weighted by molar-refractivity contribution is -0.144. The van der Waals surface area contributed by atoms with E-state index in [0.29, 0.717) is 4.88 Å². The maximum absolute atomic E-state index is 11.8. The van der Waals surface area contributed by atoms with Gasteiger partial charge in [0.25, 0.3) is 5.91 Å². The van der Waals surface area contributed by atoms with Gasteiger partial charge >= 0.3 is 11.9 Å². The summed E-state index contributed by atoms with van der Waals surface area (Å²) in [5, 5.41) is 4.30. The highest BCUT2D eigenvalue weighted by molar-refractivity contribution is 7.12. The Kier molecular flexibility index (Phi) is 6.01. The van der Waals surface area contributed by atoms with Crippen LogP contribution in [-0.4, -0.2) is 38.1 Å². The summed E-state index contributed by atoms with van der Waals surface area (Å²) in [6.45, 7) is 0. The van der Waals surface area contributed by atoms with Crippen molar-refractivity contribution in [2.45, 2.75) is 18.9 Å². The maximum Gasteiger partial charge on any atom is 0.328 e. The van der Waals surface area contributed by atoms with E-state index in [0.717, 1.165) is 0 Å². The van der Waals surface area contributed by atoms with Gasteiger partial charge in [-0.15, -0.1) is 11.3 Å². The lowest BCUT2D eigenvalue weighted by Gasteiger charge is -2.15. The second-order valence-electron chi connectivity index (χ2n) is 3.64. The minimum Gasteiger partial charge on any atom is -0.469 e. The van der Waals surface area contributed by atoms with Crippen molar-refractivity contribution in [1.82, 2.24) is 5.32 Å². The smallest absolute Gasteiger partial charge is 0.328 e. The van der Waals surface area contributed by atoms with Gasteiger partial charge in [-0.3, -0.25) is 9.59 Å². The zero-order valence-corrected chi connectivity index (χ0v) is 11.5. The van der Waals surface area contributed by atoms with Crippen LogP contribution in [0.5, 0.6) is 0 Å². The van der Waals surface area contributed by atoms with Crippen molar-refractivity contribution in [2.75, 3.05) is 14.2 Å². The van der Waals surface area contributed by atoms with Gasteiger partial charge in [-0.05, 0) is 17.9 Å². The Labute approximate surface area is 114 Å². The van der Waals surface area contributed by atoms with Crippen LogP contribution in [-0.2, 0) is 19.1 Å². The summed E-state index contributed by atoms with van der Waals surface area (Å²) in [6.07, 6.45) is 0.164. The van der Waals surface area contributed by atoms with Crippen molar-refractivity contribution in [2.24, 2.45) is 0 Å². The van der Waals surface area contributed by atoms with Crippen LogP contribution in [0.25, 0.3) is 0 Å². The molecule has 0 saturated carbocycles. The highest BCUT2D eigenvalue weighted by Gasteiger charge is 2.23. The Morgan fingerprint density at radius 2 is 2.05 bits per heavy atom. The first-order chi connectivity index (χ1) is 9.08. The van der Waals surface area contributed by atoms with Crippen LogP contribution in [0.15, 0.2) is 17.5 Å². The van der Waals surface area contributed by atoms with E-state index in [9.17, 15) is 14.4 Å². The molecule has 1 unspecified atom stereocenters. The van der Waals surface area contributed by atoms with E-state index < -0.39 is 18.0 Å². The number of methoxy groups -OCH3 is 2. The molecule has 0 saturated heterocycles. The van der Waals surface area contributed by atoms with E-state index in [1.54, 1.807) is 17.5 Å². The average Bonchev–Trinajstić information content (AvgIpc) is 2.95. The summed E-state index contributed by atoms with van der Waals surface area (Å²) in [5.74, 6) is -1.40. The van der Waals surface area contributed by atoms with E-state index in [4.69, 9.17) is 0 Å². The van der Waals surface area contributed by atoms with E-state index in [1.165, 1.54) is 25.6 Å². The molecule has 0 bridgehead atoms. The molecule has 1 atom stereocenters. The molecule has 0 aliphatic carbocycles. The van der Waals surface area contributed by atoms with Crippen molar-refractivity contribution in [1.29, 1.82) is 0 Å². The van der Waals surface area contributed by atoms with Gasteiger partial charge in [0.2, 0.25) is 0 Å². The third kappa shape index (κ3) is 4.70. The van der Waals surface area contributed by atoms with Crippen LogP contribution < -0.4 is 5.32 Å². The quantitative estimate of drug-likeness (QED) is 0.788. The number of nitrogens with one attached hydrogen (secondary N) is 1. The molecule has 0 aliphatic rings. The first kappa shape index (κ1) is 15.2. The van der Waals surface area contributed by atoms with Crippen LogP contribution in [0.4, 0.5) is 0 Å². The zero-order valence-electron chi connectivity index (χ0n) is 10.7. The van der Waals surface area contributed by atoms with Gasteiger partial charge in [0.15, 0.2) is 0 Å². The van der Waals surface area contributed by atoms with Crippen LogP contribution in [0.3, 0.4) is 0 Å². The Hall–Kier alpha value is -1.89. The number of carbonyl (C=O) groups excluding carboxylic acids is 3. The molecule has 0 fully saturated rings. The standard InChI is InChI=1S/C12H15NO5S/c1-17-10(14)6-5-8(12(16)18-2)13-11(15)9-4-3-7-19-9/h3-4,7-8H,5-6H2,1-2H3,(H,13,15). The number of hydrogen-bond acceptors (Lipinski definition) is 6. The van der Waals surface area contributed by atoms with E-state index in [-0.39, 0.29) is 18.7 Å². The Morgan fingerprint density at radius 1 is 1.32 bits per heavy atom. The summed E-state index contributed by atoms with van der Waals surface area (Å²) < 4.78 is 9.08. The predicted octanol–water partition coefficient (Wildman–Crippen LogP) is 0.973. The monoisotopic (exact) mass is 285 g/mol. The van der Waals surface area contributed by atoms with Crippen molar-refractivity contribution >= 4 is 29.2 Å².